The highest BCUT2D eigenvalue weighted by atomic mass is 16.5. The van der Waals surface area contributed by atoms with E-state index in [4.69, 9.17) is 4.74 Å². The smallest absolute Gasteiger partial charge is 0.234 e. The molecule has 20 heavy (non-hydrogen) atoms. The normalized spacial score (nSPS) is 20.6. The number of rotatable bonds is 8. The molecule has 0 radical (unpaired) electrons. The molecule has 0 aromatic heterocycles. The zero-order valence-electron chi connectivity index (χ0n) is 13.7. The third-order valence-corrected chi connectivity index (χ3v) is 3.63. The molecule has 4 heteroatoms. The van der Waals surface area contributed by atoms with Crippen molar-refractivity contribution < 1.29 is 9.53 Å². The molecule has 1 heterocycles. The molecule has 0 bridgehead atoms. The summed E-state index contributed by atoms with van der Waals surface area (Å²) in [5.41, 5.74) is 0. The maximum atomic E-state index is 11.8. The van der Waals surface area contributed by atoms with Gasteiger partial charge in [0.2, 0.25) is 5.91 Å². The van der Waals surface area contributed by atoms with Gasteiger partial charge >= 0.3 is 0 Å². The molecule has 1 amide bonds. The van der Waals surface area contributed by atoms with Crippen LogP contribution in [0.2, 0.25) is 0 Å². The van der Waals surface area contributed by atoms with Crippen molar-refractivity contribution in [2.24, 2.45) is 5.92 Å². The van der Waals surface area contributed by atoms with Crippen molar-refractivity contribution in [3.05, 3.63) is 0 Å². The van der Waals surface area contributed by atoms with Gasteiger partial charge in [0.15, 0.2) is 0 Å². The predicted molar refractivity (Wildman–Crippen MR) is 82.8 cm³/mol. The molecule has 1 atom stereocenters. The zero-order valence-corrected chi connectivity index (χ0v) is 13.7. The van der Waals surface area contributed by atoms with Crippen LogP contribution in [0.4, 0.5) is 0 Å². The highest BCUT2D eigenvalue weighted by Gasteiger charge is 2.21. The van der Waals surface area contributed by atoms with Gasteiger partial charge in [0.05, 0.1) is 12.6 Å². The molecule has 1 aliphatic heterocycles. The van der Waals surface area contributed by atoms with Gasteiger partial charge in [-0.2, -0.15) is 0 Å². The SMILES string of the molecule is CC(C)NC(=O)CN1CCC[C@@H](CCCOC(C)C)C1. The lowest BCUT2D eigenvalue weighted by molar-refractivity contribution is -0.123. The van der Waals surface area contributed by atoms with Crippen molar-refractivity contribution in [3.63, 3.8) is 0 Å². The van der Waals surface area contributed by atoms with Crippen LogP contribution < -0.4 is 5.32 Å². The van der Waals surface area contributed by atoms with E-state index in [2.05, 4.69) is 24.1 Å². The van der Waals surface area contributed by atoms with Crippen molar-refractivity contribution in [2.45, 2.75) is 65.5 Å². The number of carbonyl (C=O) groups is 1. The largest absolute Gasteiger partial charge is 0.379 e. The Labute approximate surface area is 124 Å². The molecule has 118 valence electrons. The minimum atomic E-state index is 0.156. The fraction of sp³-hybridized carbons (Fsp3) is 0.938. The van der Waals surface area contributed by atoms with Crippen LogP contribution in [0.5, 0.6) is 0 Å². The first-order chi connectivity index (χ1) is 9.47. The van der Waals surface area contributed by atoms with Gasteiger partial charge in [-0.05, 0) is 65.8 Å². The van der Waals surface area contributed by atoms with Gasteiger partial charge in [-0.1, -0.05) is 0 Å². The summed E-state index contributed by atoms with van der Waals surface area (Å²) in [7, 11) is 0. The molecule has 0 aromatic carbocycles. The average Bonchev–Trinajstić information content (AvgIpc) is 2.33. The summed E-state index contributed by atoms with van der Waals surface area (Å²) in [6.07, 6.45) is 5.19. The molecule has 1 aliphatic rings. The molecular formula is C16H32N2O2. The Balaban J connectivity index is 2.19. The minimum Gasteiger partial charge on any atom is -0.379 e. The summed E-state index contributed by atoms with van der Waals surface area (Å²) < 4.78 is 5.59. The van der Waals surface area contributed by atoms with Crippen molar-refractivity contribution in [1.82, 2.24) is 10.2 Å². The molecule has 0 aliphatic carbocycles. The van der Waals surface area contributed by atoms with Gasteiger partial charge in [-0.15, -0.1) is 0 Å². The van der Waals surface area contributed by atoms with E-state index in [9.17, 15) is 4.79 Å². The molecule has 1 N–H and O–H groups in total. The van der Waals surface area contributed by atoms with E-state index in [1.807, 2.05) is 13.8 Å². The molecule has 4 nitrogen and oxygen atoms in total. The maximum Gasteiger partial charge on any atom is 0.234 e. The number of hydrogen-bond acceptors (Lipinski definition) is 3. The summed E-state index contributed by atoms with van der Waals surface area (Å²) in [4.78, 5) is 14.1. The number of likely N-dealkylation sites (tertiary alicyclic amines) is 1. The third-order valence-electron chi connectivity index (χ3n) is 3.63. The van der Waals surface area contributed by atoms with Crippen molar-refractivity contribution in [3.8, 4) is 0 Å². The van der Waals surface area contributed by atoms with Crippen molar-refractivity contribution >= 4 is 5.91 Å². The van der Waals surface area contributed by atoms with Crippen LogP contribution in [0.15, 0.2) is 0 Å². The predicted octanol–water partition coefficient (Wildman–Crippen LogP) is 2.43. The lowest BCUT2D eigenvalue weighted by Crippen LogP contribution is -2.44. The number of nitrogens with one attached hydrogen (secondary N) is 1. The fourth-order valence-corrected chi connectivity index (χ4v) is 2.79. The molecule has 0 unspecified atom stereocenters. The number of ether oxygens (including phenoxy) is 1. The molecule has 1 fully saturated rings. The first-order valence-corrected chi connectivity index (χ1v) is 8.10. The Bertz CT molecular complexity index is 280. The van der Waals surface area contributed by atoms with Crippen LogP contribution in [0.1, 0.15) is 53.4 Å². The summed E-state index contributed by atoms with van der Waals surface area (Å²) in [5, 5.41) is 2.97. The first kappa shape index (κ1) is 17.4. The van der Waals surface area contributed by atoms with E-state index in [1.165, 1.54) is 19.3 Å². The maximum absolute atomic E-state index is 11.8. The molecule has 0 saturated carbocycles. The first-order valence-electron chi connectivity index (χ1n) is 8.10. The lowest BCUT2D eigenvalue weighted by Gasteiger charge is -2.32. The standard InChI is InChI=1S/C16H32N2O2/c1-13(2)17-16(19)12-18-9-5-7-15(11-18)8-6-10-20-14(3)4/h13-15H,5-12H2,1-4H3,(H,17,19)/t15-/m0/s1. The Morgan fingerprint density at radius 1 is 1.35 bits per heavy atom. The molecule has 1 saturated heterocycles. The Morgan fingerprint density at radius 3 is 2.75 bits per heavy atom. The zero-order chi connectivity index (χ0) is 15.0. The highest BCUT2D eigenvalue weighted by Crippen LogP contribution is 2.20. The van der Waals surface area contributed by atoms with Crippen LogP contribution in [-0.4, -0.2) is 49.2 Å². The van der Waals surface area contributed by atoms with Gasteiger partial charge in [-0.25, -0.2) is 0 Å². The second kappa shape index (κ2) is 9.35. The Kier molecular flexibility index (Phi) is 8.15. The van der Waals surface area contributed by atoms with E-state index < -0.39 is 0 Å². The summed E-state index contributed by atoms with van der Waals surface area (Å²) in [6, 6.07) is 0.233. The monoisotopic (exact) mass is 284 g/mol. The number of piperidine rings is 1. The van der Waals surface area contributed by atoms with Gasteiger partial charge in [0, 0.05) is 19.2 Å². The van der Waals surface area contributed by atoms with Crippen LogP contribution >= 0.6 is 0 Å². The third kappa shape index (κ3) is 7.85. The van der Waals surface area contributed by atoms with Crippen LogP contribution in [0, 0.1) is 5.92 Å². The van der Waals surface area contributed by atoms with Gasteiger partial charge in [-0.3, -0.25) is 9.69 Å². The number of amides is 1. The summed E-state index contributed by atoms with van der Waals surface area (Å²) in [6.45, 7) is 11.7. The molecular weight excluding hydrogens is 252 g/mol. The fourth-order valence-electron chi connectivity index (χ4n) is 2.79. The van der Waals surface area contributed by atoms with Crippen LogP contribution in [0.3, 0.4) is 0 Å². The quantitative estimate of drug-likeness (QED) is 0.696. The summed E-state index contributed by atoms with van der Waals surface area (Å²) >= 11 is 0. The van der Waals surface area contributed by atoms with Crippen molar-refractivity contribution in [2.75, 3.05) is 26.2 Å². The Morgan fingerprint density at radius 2 is 2.10 bits per heavy atom. The van der Waals surface area contributed by atoms with E-state index in [1.54, 1.807) is 0 Å². The van der Waals surface area contributed by atoms with Crippen LogP contribution in [0.25, 0.3) is 0 Å². The number of hydrogen-bond donors (Lipinski definition) is 1. The Hall–Kier alpha value is -0.610. The second-order valence-corrected chi connectivity index (χ2v) is 6.53. The van der Waals surface area contributed by atoms with E-state index in [0.29, 0.717) is 12.6 Å². The van der Waals surface area contributed by atoms with Gasteiger partial charge < -0.3 is 10.1 Å². The van der Waals surface area contributed by atoms with E-state index in [-0.39, 0.29) is 11.9 Å². The second-order valence-electron chi connectivity index (χ2n) is 6.53. The molecule has 0 spiro atoms. The highest BCUT2D eigenvalue weighted by molar-refractivity contribution is 5.78. The topological polar surface area (TPSA) is 41.6 Å². The lowest BCUT2D eigenvalue weighted by atomic mass is 9.93. The summed E-state index contributed by atoms with van der Waals surface area (Å²) in [5.74, 6) is 0.884. The van der Waals surface area contributed by atoms with Gasteiger partial charge in [0.1, 0.15) is 0 Å². The van der Waals surface area contributed by atoms with E-state index >= 15 is 0 Å². The number of nitrogens with zero attached hydrogens (tertiary/aromatic N) is 1. The van der Waals surface area contributed by atoms with Gasteiger partial charge in [0.25, 0.3) is 0 Å². The number of carbonyl (C=O) groups excluding carboxylic acids is 1. The van der Waals surface area contributed by atoms with Crippen LogP contribution in [-0.2, 0) is 9.53 Å². The minimum absolute atomic E-state index is 0.156. The average molecular weight is 284 g/mol. The van der Waals surface area contributed by atoms with Crippen molar-refractivity contribution in [1.29, 1.82) is 0 Å². The van der Waals surface area contributed by atoms with E-state index in [0.717, 1.165) is 32.0 Å². The molecule has 0 aromatic rings. The molecule has 1 rings (SSSR count).